The van der Waals surface area contributed by atoms with Crippen LogP contribution in [0.15, 0.2) is 0 Å². The second kappa shape index (κ2) is 7.71. The maximum absolute atomic E-state index is 9.77. The summed E-state index contributed by atoms with van der Waals surface area (Å²) in [6, 6.07) is 0. The van der Waals surface area contributed by atoms with Crippen molar-refractivity contribution in [2.75, 3.05) is 0 Å². The normalized spacial score (nSPS) is 8.36. The molecule has 11 heavy (non-hydrogen) atoms. The van der Waals surface area contributed by atoms with Crippen molar-refractivity contribution in [2.45, 2.75) is 25.7 Å². The molecule has 0 aromatic carbocycles. The van der Waals surface area contributed by atoms with Crippen LogP contribution in [-0.4, -0.2) is 11.9 Å². The van der Waals surface area contributed by atoms with E-state index < -0.39 is 11.9 Å². The minimum atomic E-state index is -1.14. The summed E-state index contributed by atoms with van der Waals surface area (Å²) < 4.78 is 0. The average Bonchev–Trinajstić information content (AvgIpc) is 1.79. The van der Waals surface area contributed by atoms with Gasteiger partial charge in [0.1, 0.15) is 0 Å². The van der Waals surface area contributed by atoms with E-state index in [-0.39, 0.29) is 33.3 Å². The van der Waals surface area contributed by atoms with Crippen molar-refractivity contribution in [3.8, 4) is 0 Å². The minimum Gasteiger partial charge on any atom is -0.550 e. The monoisotopic (exact) mass is 250 g/mol. The number of carboxylic acid groups (broad SMARTS) is 2. The van der Waals surface area contributed by atoms with Crippen molar-refractivity contribution in [3.05, 3.63) is 0 Å². The van der Waals surface area contributed by atoms with E-state index in [0.29, 0.717) is 12.8 Å². The van der Waals surface area contributed by atoms with Crippen LogP contribution in [0.5, 0.6) is 0 Å². The maximum Gasteiger partial charge on any atom is 2.00 e. The fourth-order valence-electron chi connectivity index (χ4n) is 0.539. The van der Waals surface area contributed by atoms with Gasteiger partial charge in [0.05, 0.1) is 0 Å². The molecule has 0 bridgehead atoms. The first-order valence-corrected chi connectivity index (χ1v) is 3.02. The largest absolute Gasteiger partial charge is 2.00 e. The first-order chi connectivity index (χ1) is 4.63. The van der Waals surface area contributed by atoms with Gasteiger partial charge in [0, 0.05) is 11.9 Å². The molecule has 0 aliphatic carbocycles. The van der Waals surface area contributed by atoms with Crippen molar-refractivity contribution >= 4 is 11.9 Å². The van der Waals surface area contributed by atoms with Crippen LogP contribution >= 0.6 is 0 Å². The van der Waals surface area contributed by atoms with Gasteiger partial charge in [-0.15, -0.1) is 0 Å². The number of carbonyl (C=O) groups excluding carboxylic acids is 2. The Morgan fingerprint density at radius 1 is 0.909 bits per heavy atom. The Morgan fingerprint density at radius 2 is 1.18 bits per heavy atom. The number of carbonyl (C=O) groups is 2. The molecule has 5 heteroatoms. The quantitative estimate of drug-likeness (QED) is 0.419. The Kier molecular flexibility index (Phi) is 9.26. The molecule has 0 aromatic heterocycles. The average molecular weight is 251 g/mol. The van der Waals surface area contributed by atoms with Gasteiger partial charge in [0.25, 0.3) is 0 Å². The molecule has 66 valence electrons. The fraction of sp³-hybridized carbons (Fsp3) is 0.667. The molecule has 0 radical (unpaired) electrons. The molecule has 0 spiro atoms. The molecule has 0 rings (SSSR count). The molecule has 0 fully saturated rings. The van der Waals surface area contributed by atoms with Crippen molar-refractivity contribution in [1.29, 1.82) is 0 Å². The predicted octanol–water partition coefficient (Wildman–Crippen LogP) is -1.96. The van der Waals surface area contributed by atoms with Gasteiger partial charge in [-0.3, -0.25) is 0 Å². The molecule has 0 unspecified atom stereocenters. The van der Waals surface area contributed by atoms with Crippen molar-refractivity contribution < 1.29 is 40.2 Å². The van der Waals surface area contributed by atoms with Crippen molar-refractivity contribution in [2.24, 2.45) is 0 Å². The Balaban J connectivity index is 0. The Morgan fingerprint density at radius 3 is 1.36 bits per heavy atom. The second-order valence-electron chi connectivity index (χ2n) is 1.95. The Hall–Kier alpha value is -0.398. The van der Waals surface area contributed by atoms with Crippen LogP contribution in [0.1, 0.15) is 25.7 Å². The Labute approximate surface area is 78.3 Å². The summed E-state index contributed by atoms with van der Waals surface area (Å²) in [4.78, 5) is 19.5. The van der Waals surface area contributed by atoms with Gasteiger partial charge in [-0.25, -0.2) is 0 Å². The fourth-order valence-corrected chi connectivity index (χ4v) is 0.539. The number of hydrogen-bond donors (Lipinski definition) is 0. The van der Waals surface area contributed by atoms with Crippen LogP contribution in [0.4, 0.5) is 0 Å². The third kappa shape index (κ3) is 12.7. The summed E-state index contributed by atoms with van der Waals surface area (Å²) in [5.41, 5.74) is 0. The molecule has 0 saturated heterocycles. The van der Waals surface area contributed by atoms with Gasteiger partial charge in [0.2, 0.25) is 0 Å². The molecule has 4 nitrogen and oxygen atoms in total. The smallest absolute Gasteiger partial charge is 0.550 e. The van der Waals surface area contributed by atoms with Crippen LogP contribution in [0.25, 0.3) is 0 Å². The molecule has 0 saturated carbocycles. The summed E-state index contributed by atoms with van der Waals surface area (Å²) in [7, 11) is 0. The van der Waals surface area contributed by atoms with E-state index in [0.717, 1.165) is 0 Å². The molecule has 0 amide bonds. The van der Waals surface area contributed by atoms with Crippen molar-refractivity contribution in [1.82, 2.24) is 0 Å². The number of carboxylic acids is 2. The molecular formula is C6H8O4Pd. The first kappa shape index (κ1) is 13.2. The van der Waals surface area contributed by atoms with E-state index in [2.05, 4.69) is 0 Å². The summed E-state index contributed by atoms with van der Waals surface area (Å²) in [6.45, 7) is 0. The summed E-state index contributed by atoms with van der Waals surface area (Å²) in [6.07, 6.45) is 0.535. The molecular weight excluding hydrogens is 242 g/mol. The summed E-state index contributed by atoms with van der Waals surface area (Å²) >= 11 is 0. The standard InChI is InChI=1S/C6H10O4.Pd/c7-5(8)3-1-2-4-6(9)10;/h1-4H2,(H,7,8)(H,9,10);/q;+2/p-2. The zero-order valence-electron chi connectivity index (χ0n) is 5.78. The maximum atomic E-state index is 9.77. The molecule has 0 atom stereocenters. The van der Waals surface area contributed by atoms with Gasteiger partial charge in [-0.2, -0.15) is 0 Å². The van der Waals surface area contributed by atoms with Crippen molar-refractivity contribution in [3.63, 3.8) is 0 Å². The Bertz CT molecular complexity index is 119. The first-order valence-electron chi connectivity index (χ1n) is 3.02. The van der Waals surface area contributed by atoms with Crippen LogP contribution < -0.4 is 10.2 Å². The van der Waals surface area contributed by atoms with E-state index in [1.54, 1.807) is 0 Å². The third-order valence-corrected chi connectivity index (χ3v) is 1.01. The number of rotatable bonds is 5. The number of hydrogen-bond acceptors (Lipinski definition) is 4. The van der Waals surface area contributed by atoms with Gasteiger partial charge in [-0.05, 0) is 25.7 Å². The van der Waals surface area contributed by atoms with E-state index in [9.17, 15) is 19.8 Å². The van der Waals surface area contributed by atoms with E-state index in [1.165, 1.54) is 0 Å². The third-order valence-electron chi connectivity index (χ3n) is 1.01. The van der Waals surface area contributed by atoms with Crippen LogP contribution in [0.3, 0.4) is 0 Å². The zero-order chi connectivity index (χ0) is 7.98. The van der Waals surface area contributed by atoms with Crippen LogP contribution in [0, 0.1) is 0 Å². The minimum absolute atomic E-state index is 0. The summed E-state index contributed by atoms with van der Waals surface area (Å²) in [5, 5.41) is 19.5. The van der Waals surface area contributed by atoms with E-state index in [4.69, 9.17) is 0 Å². The van der Waals surface area contributed by atoms with Crippen LogP contribution in [0.2, 0.25) is 0 Å². The summed E-state index contributed by atoms with van der Waals surface area (Å²) in [5.74, 6) is -2.28. The molecule has 0 aromatic rings. The van der Waals surface area contributed by atoms with Gasteiger partial charge < -0.3 is 19.8 Å². The van der Waals surface area contributed by atoms with Gasteiger partial charge in [0.15, 0.2) is 0 Å². The van der Waals surface area contributed by atoms with Gasteiger partial charge in [-0.1, -0.05) is 0 Å². The molecule has 0 heterocycles. The van der Waals surface area contributed by atoms with E-state index >= 15 is 0 Å². The second-order valence-corrected chi connectivity index (χ2v) is 1.95. The molecule has 0 N–H and O–H groups in total. The number of aliphatic carboxylic acids is 2. The van der Waals surface area contributed by atoms with Crippen LogP contribution in [-0.2, 0) is 30.0 Å². The van der Waals surface area contributed by atoms with Gasteiger partial charge >= 0.3 is 20.4 Å². The molecule has 0 aliphatic rings. The SMILES string of the molecule is O=C([O-])CCCCC(=O)[O-].[Pd+2]. The zero-order valence-corrected chi connectivity index (χ0v) is 7.33. The van der Waals surface area contributed by atoms with E-state index in [1.807, 2.05) is 0 Å². The molecule has 0 aliphatic heterocycles. The topological polar surface area (TPSA) is 80.3 Å². The predicted molar refractivity (Wildman–Crippen MR) is 28.5 cm³/mol. The number of unbranched alkanes of at least 4 members (excludes halogenated alkanes) is 1.